The van der Waals surface area contributed by atoms with Crippen molar-refractivity contribution in [3.8, 4) is 11.6 Å². The van der Waals surface area contributed by atoms with Gasteiger partial charge in [-0.2, -0.15) is 9.37 Å². The van der Waals surface area contributed by atoms with Gasteiger partial charge in [0.2, 0.25) is 11.8 Å². The fourth-order valence-corrected chi connectivity index (χ4v) is 1.55. The SMILES string of the molecule is CNc1ncc(F)c(Oc2ccc(F)c(Br)c2)n1. The van der Waals surface area contributed by atoms with Crippen LogP contribution in [0.4, 0.5) is 14.7 Å². The second-order valence-electron chi connectivity index (χ2n) is 3.27. The number of rotatable bonds is 3. The molecule has 0 aliphatic carbocycles. The Labute approximate surface area is 110 Å². The molecule has 1 aromatic carbocycles. The molecule has 0 unspecified atom stereocenters. The van der Waals surface area contributed by atoms with Gasteiger partial charge in [-0.15, -0.1) is 0 Å². The number of benzene rings is 1. The van der Waals surface area contributed by atoms with Gasteiger partial charge in [-0.3, -0.25) is 0 Å². The van der Waals surface area contributed by atoms with Gasteiger partial charge in [0, 0.05) is 7.05 Å². The van der Waals surface area contributed by atoms with E-state index in [2.05, 4.69) is 31.2 Å². The van der Waals surface area contributed by atoms with Crippen LogP contribution < -0.4 is 10.1 Å². The van der Waals surface area contributed by atoms with Crippen LogP contribution >= 0.6 is 15.9 Å². The average molecular weight is 316 g/mol. The van der Waals surface area contributed by atoms with Gasteiger partial charge in [0.1, 0.15) is 11.6 Å². The highest BCUT2D eigenvalue weighted by Crippen LogP contribution is 2.26. The minimum absolute atomic E-state index is 0.225. The Morgan fingerprint density at radius 3 is 2.72 bits per heavy atom. The molecule has 2 aromatic rings. The minimum atomic E-state index is -0.700. The molecule has 2 rings (SSSR count). The second-order valence-corrected chi connectivity index (χ2v) is 4.13. The summed E-state index contributed by atoms with van der Waals surface area (Å²) in [4.78, 5) is 7.49. The maximum Gasteiger partial charge on any atom is 0.260 e. The van der Waals surface area contributed by atoms with E-state index in [-0.39, 0.29) is 22.1 Å². The van der Waals surface area contributed by atoms with Crippen molar-refractivity contribution in [2.75, 3.05) is 12.4 Å². The lowest BCUT2D eigenvalue weighted by molar-refractivity contribution is 0.419. The molecular formula is C11H8BrF2N3O. The molecule has 1 aromatic heterocycles. The molecule has 0 saturated heterocycles. The first-order valence-corrected chi connectivity index (χ1v) is 5.72. The summed E-state index contributed by atoms with van der Waals surface area (Å²) in [5, 5.41) is 2.66. The molecule has 94 valence electrons. The molecule has 1 heterocycles. The molecule has 4 nitrogen and oxygen atoms in total. The summed E-state index contributed by atoms with van der Waals surface area (Å²) in [5.41, 5.74) is 0. The van der Waals surface area contributed by atoms with E-state index in [9.17, 15) is 8.78 Å². The Balaban J connectivity index is 2.30. The minimum Gasteiger partial charge on any atom is -0.436 e. The van der Waals surface area contributed by atoms with E-state index in [1.165, 1.54) is 18.2 Å². The number of hydrogen-bond acceptors (Lipinski definition) is 4. The van der Waals surface area contributed by atoms with Crippen molar-refractivity contribution in [3.05, 3.63) is 40.5 Å². The van der Waals surface area contributed by atoms with Crippen LogP contribution in [-0.2, 0) is 0 Å². The molecule has 7 heteroatoms. The van der Waals surface area contributed by atoms with Crippen molar-refractivity contribution >= 4 is 21.9 Å². The lowest BCUT2D eigenvalue weighted by Crippen LogP contribution is -2.00. The summed E-state index contributed by atoms with van der Waals surface area (Å²) in [7, 11) is 1.60. The Bertz CT molecular complexity index is 580. The van der Waals surface area contributed by atoms with Gasteiger partial charge in [0.05, 0.1) is 10.7 Å². The van der Waals surface area contributed by atoms with Crippen LogP contribution in [0.1, 0.15) is 0 Å². The van der Waals surface area contributed by atoms with E-state index in [0.29, 0.717) is 0 Å². The van der Waals surface area contributed by atoms with Crippen molar-refractivity contribution in [1.82, 2.24) is 9.97 Å². The van der Waals surface area contributed by atoms with Crippen LogP contribution in [0.3, 0.4) is 0 Å². The fourth-order valence-electron chi connectivity index (χ4n) is 1.20. The van der Waals surface area contributed by atoms with Gasteiger partial charge in [-0.1, -0.05) is 0 Å². The van der Waals surface area contributed by atoms with Gasteiger partial charge < -0.3 is 10.1 Å². The number of nitrogens with one attached hydrogen (secondary N) is 1. The highest BCUT2D eigenvalue weighted by molar-refractivity contribution is 9.10. The first-order chi connectivity index (χ1) is 8.60. The molecular weight excluding hydrogens is 308 g/mol. The van der Waals surface area contributed by atoms with E-state index in [4.69, 9.17) is 4.74 Å². The van der Waals surface area contributed by atoms with Crippen LogP contribution in [0.25, 0.3) is 0 Å². The van der Waals surface area contributed by atoms with E-state index in [1.54, 1.807) is 7.05 Å². The monoisotopic (exact) mass is 315 g/mol. The Kier molecular flexibility index (Phi) is 3.71. The average Bonchev–Trinajstić information content (AvgIpc) is 2.36. The molecule has 0 bridgehead atoms. The van der Waals surface area contributed by atoms with Crippen molar-refractivity contribution < 1.29 is 13.5 Å². The summed E-state index contributed by atoms with van der Waals surface area (Å²) in [6, 6.07) is 3.97. The molecule has 0 radical (unpaired) electrons. The van der Waals surface area contributed by atoms with Gasteiger partial charge >= 0.3 is 0 Å². The zero-order chi connectivity index (χ0) is 13.1. The molecule has 0 aliphatic heterocycles. The molecule has 0 spiro atoms. The quantitative estimate of drug-likeness (QED) is 0.943. The third-order valence-corrected chi connectivity index (χ3v) is 2.65. The predicted molar refractivity (Wildman–Crippen MR) is 65.7 cm³/mol. The molecule has 0 aliphatic rings. The maximum absolute atomic E-state index is 13.4. The van der Waals surface area contributed by atoms with E-state index < -0.39 is 11.6 Å². The summed E-state index contributed by atoms with van der Waals surface area (Å²) < 4.78 is 31.9. The number of aromatic nitrogens is 2. The maximum atomic E-state index is 13.4. The first-order valence-electron chi connectivity index (χ1n) is 4.93. The lowest BCUT2D eigenvalue weighted by Gasteiger charge is -2.07. The number of halogens is 3. The predicted octanol–water partition coefficient (Wildman–Crippen LogP) is 3.35. The van der Waals surface area contributed by atoms with Crippen LogP contribution in [0.5, 0.6) is 11.6 Å². The van der Waals surface area contributed by atoms with Gasteiger partial charge in [0.25, 0.3) is 5.88 Å². The van der Waals surface area contributed by atoms with Crippen molar-refractivity contribution in [3.63, 3.8) is 0 Å². The molecule has 0 fully saturated rings. The Morgan fingerprint density at radius 1 is 1.28 bits per heavy atom. The standard InChI is InChI=1S/C11H8BrF2N3O/c1-15-11-16-5-9(14)10(17-11)18-6-2-3-8(13)7(12)4-6/h2-5H,1H3,(H,15,16,17). The summed E-state index contributed by atoms with van der Waals surface area (Å²) in [5.74, 6) is -0.862. The number of anilines is 1. The highest BCUT2D eigenvalue weighted by Gasteiger charge is 2.10. The van der Waals surface area contributed by atoms with Crippen LogP contribution in [-0.4, -0.2) is 17.0 Å². The van der Waals surface area contributed by atoms with Gasteiger partial charge in [0.15, 0.2) is 0 Å². The number of nitrogens with zero attached hydrogens (tertiary/aromatic N) is 2. The molecule has 18 heavy (non-hydrogen) atoms. The molecule has 0 amide bonds. The third-order valence-electron chi connectivity index (χ3n) is 2.04. The molecule has 1 N–H and O–H groups in total. The van der Waals surface area contributed by atoms with E-state index in [0.717, 1.165) is 6.20 Å². The van der Waals surface area contributed by atoms with Crippen LogP contribution in [0.2, 0.25) is 0 Å². The lowest BCUT2D eigenvalue weighted by atomic mass is 10.3. The largest absolute Gasteiger partial charge is 0.436 e. The summed E-state index contributed by atoms with van der Waals surface area (Å²) in [6.45, 7) is 0. The normalized spacial score (nSPS) is 10.2. The Hall–Kier alpha value is -1.76. The smallest absolute Gasteiger partial charge is 0.260 e. The van der Waals surface area contributed by atoms with Crippen molar-refractivity contribution in [2.45, 2.75) is 0 Å². The molecule has 0 atom stereocenters. The second kappa shape index (κ2) is 5.26. The van der Waals surface area contributed by atoms with Crippen molar-refractivity contribution in [1.29, 1.82) is 0 Å². The van der Waals surface area contributed by atoms with E-state index >= 15 is 0 Å². The fraction of sp³-hybridized carbons (Fsp3) is 0.0909. The zero-order valence-electron chi connectivity index (χ0n) is 9.25. The van der Waals surface area contributed by atoms with Gasteiger partial charge in [-0.25, -0.2) is 9.37 Å². The van der Waals surface area contributed by atoms with Crippen LogP contribution in [0.15, 0.2) is 28.9 Å². The number of ether oxygens (including phenoxy) is 1. The summed E-state index contributed by atoms with van der Waals surface area (Å²) in [6.07, 6.45) is 0.993. The zero-order valence-corrected chi connectivity index (χ0v) is 10.8. The molecule has 0 saturated carbocycles. The Morgan fingerprint density at radius 2 is 2.06 bits per heavy atom. The van der Waals surface area contributed by atoms with Crippen molar-refractivity contribution in [2.24, 2.45) is 0 Å². The first kappa shape index (κ1) is 12.7. The van der Waals surface area contributed by atoms with Crippen LogP contribution in [0, 0.1) is 11.6 Å². The number of hydrogen-bond donors (Lipinski definition) is 1. The topological polar surface area (TPSA) is 47.0 Å². The van der Waals surface area contributed by atoms with E-state index in [1.807, 2.05) is 0 Å². The summed E-state index contributed by atoms with van der Waals surface area (Å²) >= 11 is 3.01. The highest BCUT2D eigenvalue weighted by atomic mass is 79.9. The van der Waals surface area contributed by atoms with Gasteiger partial charge in [-0.05, 0) is 34.1 Å². The third kappa shape index (κ3) is 2.73.